The van der Waals surface area contributed by atoms with Gasteiger partial charge in [-0.05, 0) is 25.3 Å². The van der Waals surface area contributed by atoms with Gasteiger partial charge in [0.1, 0.15) is 6.54 Å². The third-order valence-electron chi connectivity index (χ3n) is 3.54. The van der Waals surface area contributed by atoms with Crippen LogP contribution in [0.25, 0.3) is 0 Å². The third-order valence-corrected chi connectivity index (χ3v) is 3.54. The van der Waals surface area contributed by atoms with E-state index in [9.17, 15) is 18.0 Å². The maximum Gasteiger partial charge on any atom is 0.408 e. The molecule has 0 radical (unpaired) electrons. The fourth-order valence-electron chi connectivity index (χ4n) is 2.60. The third kappa shape index (κ3) is 3.72. The maximum absolute atomic E-state index is 12.2. The molecule has 8 heteroatoms. The molecule has 5 nitrogen and oxygen atoms in total. The number of anilines is 1. The van der Waals surface area contributed by atoms with Gasteiger partial charge in [0, 0.05) is 12.1 Å². The van der Waals surface area contributed by atoms with Crippen molar-refractivity contribution >= 4 is 11.6 Å². The zero-order valence-corrected chi connectivity index (χ0v) is 10.9. The molecule has 1 aliphatic carbocycles. The molecular formula is C12H17F3N4O. The number of hydrogen-bond acceptors (Lipinski definition) is 3. The van der Waals surface area contributed by atoms with Crippen LogP contribution < -0.4 is 11.1 Å². The van der Waals surface area contributed by atoms with Crippen LogP contribution in [0.2, 0.25) is 0 Å². The van der Waals surface area contributed by atoms with Gasteiger partial charge in [0.15, 0.2) is 0 Å². The number of nitrogens with zero attached hydrogens (tertiary/aromatic N) is 2. The lowest BCUT2D eigenvalue weighted by Gasteiger charge is -2.16. The summed E-state index contributed by atoms with van der Waals surface area (Å²) in [6.45, 7) is -0.719. The number of aromatic nitrogens is 2. The normalized spacial score (nSPS) is 23.0. The SMILES string of the molecule is NC[C@H]1CCC[C@H]1C(=O)Nc1cnn(CC(F)(F)F)c1. The average Bonchev–Trinajstić information content (AvgIpc) is 2.95. The van der Waals surface area contributed by atoms with Crippen LogP contribution in [-0.2, 0) is 11.3 Å². The minimum absolute atomic E-state index is 0.153. The molecule has 1 saturated carbocycles. The predicted octanol–water partition coefficient (Wildman–Crippen LogP) is 1.76. The lowest BCUT2D eigenvalue weighted by molar-refractivity contribution is -0.142. The molecule has 112 valence electrons. The van der Waals surface area contributed by atoms with Gasteiger partial charge in [0.05, 0.1) is 11.9 Å². The summed E-state index contributed by atoms with van der Waals surface area (Å²) in [5.41, 5.74) is 5.89. The van der Waals surface area contributed by atoms with E-state index in [1.165, 1.54) is 12.4 Å². The lowest BCUT2D eigenvalue weighted by Crippen LogP contribution is -2.29. The Balaban J connectivity index is 1.95. The van der Waals surface area contributed by atoms with Gasteiger partial charge < -0.3 is 11.1 Å². The Morgan fingerprint density at radius 3 is 2.90 bits per heavy atom. The van der Waals surface area contributed by atoms with Crippen LogP contribution in [0.3, 0.4) is 0 Å². The van der Waals surface area contributed by atoms with Gasteiger partial charge in [0.25, 0.3) is 0 Å². The number of alkyl halides is 3. The minimum atomic E-state index is -4.33. The number of carbonyl (C=O) groups excluding carboxylic acids is 1. The number of halogens is 3. The quantitative estimate of drug-likeness (QED) is 0.887. The number of rotatable bonds is 4. The number of carbonyl (C=O) groups is 1. The van der Waals surface area contributed by atoms with E-state index in [-0.39, 0.29) is 23.4 Å². The van der Waals surface area contributed by atoms with Gasteiger partial charge in [-0.3, -0.25) is 9.48 Å². The summed E-state index contributed by atoms with van der Waals surface area (Å²) in [5, 5.41) is 6.19. The van der Waals surface area contributed by atoms with Crippen LogP contribution in [0.15, 0.2) is 12.4 Å². The second kappa shape index (κ2) is 5.82. The van der Waals surface area contributed by atoms with Crippen molar-refractivity contribution in [3.8, 4) is 0 Å². The molecule has 0 aliphatic heterocycles. The molecule has 1 fully saturated rings. The highest BCUT2D eigenvalue weighted by atomic mass is 19.4. The van der Waals surface area contributed by atoms with Crippen LogP contribution >= 0.6 is 0 Å². The first-order valence-electron chi connectivity index (χ1n) is 6.49. The Hall–Kier alpha value is -1.57. The highest BCUT2D eigenvalue weighted by Crippen LogP contribution is 2.31. The predicted molar refractivity (Wildman–Crippen MR) is 66.8 cm³/mol. The number of amides is 1. The standard InChI is InChI=1S/C12H17F3N4O/c13-12(14,15)7-19-6-9(5-17-19)18-11(20)10-3-1-2-8(10)4-16/h5-6,8,10H,1-4,7,16H2,(H,18,20)/t8-,10-/m1/s1. The van der Waals surface area contributed by atoms with Crippen LogP contribution in [0.5, 0.6) is 0 Å². The first kappa shape index (κ1) is 14.8. The Kier molecular flexibility index (Phi) is 4.32. The largest absolute Gasteiger partial charge is 0.408 e. The molecule has 1 heterocycles. The summed E-state index contributed by atoms with van der Waals surface area (Å²) in [6, 6.07) is 0. The van der Waals surface area contributed by atoms with Crippen molar-refractivity contribution in [1.82, 2.24) is 9.78 Å². The van der Waals surface area contributed by atoms with Gasteiger partial charge in [-0.1, -0.05) is 6.42 Å². The summed E-state index contributed by atoms with van der Waals surface area (Å²) < 4.78 is 37.3. The van der Waals surface area contributed by atoms with Crippen molar-refractivity contribution in [3.05, 3.63) is 12.4 Å². The van der Waals surface area contributed by atoms with E-state index in [1.807, 2.05) is 0 Å². The lowest BCUT2D eigenvalue weighted by atomic mass is 9.95. The highest BCUT2D eigenvalue weighted by molar-refractivity contribution is 5.92. The van der Waals surface area contributed by atoms with E-state index >= 15 is 0 Å². The van der Waals surface area contributed by atoms with E-state index in [0.717, 1.165) is 23.9 Å². The number of nitrogens with two attached hydrogens (primary N) is 1. The smallest absolute Gasteiger partial charge is 0.330 e. The summed E-state index contributed by atoms with van der Waals surface area (Å²) in [7, 11) is 0. The molecule has 0 aromatic carbocycles. The fraction of sp³-hybridized carbons (Fsp3) is 0.667. The molecule has 0 spiro atoms. The Morgan fingerprint density at radius 1 is 1.50 bits per heavy atom. The zero-order valence-electron chi connectivity index (χ0n) is 10.9. The Morgan fingerprint density at radius 2 is 2.25 bits per heavy atom. The van der Waals surface area contributed by atoms with E-state index in [0.29, 0.717) is 6.54 Å². The summed E-state index contributed by atoms with van der Waals surface area (Å²) in [5.74, 6) is -0.198. The Bertz CT molecular complexity index is 472. The average molecular weight is 290 g/mol. The molecule has 1 amide bonds. The molecule has 0 unspecified atom stereocenters. The monoisotopic (exact) mass is 290 g/mol. The first-order chi connectivity index (χ1) is 9.39. The molecule has 2 atom stereocenters. The Labute approximate surface area is 114 Å². The van der Waals surface area contributed by atoms with Crippen LogP contribution in [-0.4, -0.2) is 28.4 Å². The van der Waals surface area contributed by atoms with E-state index in [2.05, 4.69) is 10.4 Å². The molecule has 20 heavy (non-hydrogen) atoms. The summed E-state index contributed by atoms with van der Waals surface area (Å²) in [4.78, 5) is 12.1. The summed E-state index contributed by atoms with van der Waals surface area (Å²) >= 11 is 0. The molecule has 0 saturated heterocycles. The van der Waals surface area contributed by atoms with E-state index in [1.54, 1.807) is 0 Å². The highest BCUT2D eigenvalue weighted by Gasteiger charge is 2.32. The van der Waals surface area contributed by atoms with Crippen molar-refractivity contribution in [2.24, 2.45) is 17.6 Å². The zero-order chi connectivity index (χ0) is 14.8. The molecule has 1 aromatic rings. The molecule has 2 rings (SSSR count). The van der Waals surface area contributed by atoms with Gasteiger partial charge in [-0.2, -0.15) is 18.3 Å². The summed E-state index contributed by atoms with van der Waals surface area (Å²) in [6.07, 6.45) is 0.705. The topological polar surface area (TPSA) is 72.9 Å². The molecule has 0 bridgehead atoms. The molecule has 3 N–H and O–H groups in total. The fourth-order valence-corrected chi connectivity index (χ4v) is 2.60. The second-order valence-electron chi connectivity index (χ2n) is 5.06. The minimum Gasteiger partial charge on any atom is -0.330 e. The van der Waals surface area contributed by atoms with E-state index in [4.69, 9.17) is 5.73 Å². The molecule has 1 aromatic heterocycles. The van der Waals surface area contributed by atoms with Crippen molar-refractivity contribution < 1.29 is 18.0 Å². The van der Waals surface area contributed by atoms with Crippen molar-refractivity contribution in [1.29, 1.82) is 0 Å². The van der Waals surface area contributed by atoms with Crippen LogP contribution in [0.4, 0.5) is 18.9 Å². The first-order valence-corrected chi connectivity index (χ1v) is 6.49. The van der Waals surface area contributed by atoms with Crippen molar-refractivity contribution in [3.63, 3.8) is 0 Å². The van der Waals surface area contributed by atoms with E-state index < -0.39 is 12.7 Å². The maximum atomic E-state index is 12.2. The van der Waals surface area contributed by atoms with Crippen molar-refractivity contribution in [2.75, 3.05) is 11.9 Å². The van der Waals surface area contributed by atoms with Gasteiger partial charge in [-0.25, -0.2) is 0 Å². The molecule has 1 aliphatic rings. The second-order valence-corrected chi connectivity index (χ2v) is 5.06. The van der Waals surface area contributed by atoms with Gasteiger partial charge in [-0.15, -0.1) is 0 Å². The number of hydrogen-bond donors (Lipinski definition) is 2. The molecular weight excluding hydrogens is 273 g/mol. The number of nitrogens with one attached hydrogen (secondary N) is 1. The van der Waals surface area contributed by atoms with Gasteiger partial charge in [0.2, 0.25) is 5.91 Å². The van der Waals surface area contributed by atoms with Crippen LogP contribution in [0, 0.1) is 11.8 Å². The van der Waals surface area contributed by atoms with Crippen LogP contribution in [0.1, 0.15) is 19.3 Å². The van der Waals surface area contributed by atoms with Crippen molar-refractivity contribution in [2.45, 2.75) is 32.0 Å². The van der Waals surface area contributed by atoms with Gasteiger partial charge >= 0.3 is 6.18 Å².